The summed E-state index contributed by atoms with van der Waals surface area (Å²) in [4.78, 5) is 6.77. The van der Waals surface area contributed by atoms with Gasteiger partial charge in [0, 0.05) is 30.3 Å². The number of pyridine rings is 1. The Labute approximate surface area is 171 Å². The first kappa shape index (κ1) is 18.5. The molecule has 3 heterocycles. The van der Waals surface area contributed by atoms with Gasteiger partial charge in [-0.15, -0.1) is 0 Å². The van der Waals surface area contributed by atoms with Gasteiger partial charge < -0.3 is 19.5 Å². The number of nitrogens with one attached hydrogen (secondary N) is 1. The van der Waals surface area contributed by atoms with E-state index in [0.29, 0.717) is 11.2 Å². The molecule has 0 bridgehead atoms. The van der Waals surface area contributed by atoms with Gasteiger partial charge in [0.2, 0.25) is 0 Å². The summed E-state index contributed by atoms with van der Waals surface area (Å²) in [5.41, 5.74) is 3.20. The van der Waals surface area contributed by atoms with Crippen molar-refractivity contribution in [2.75, 3.05) is 12.0 Å². The zero-order chi connectivity index (χ0) is 19.7. The Morgan fingerprint density at radius 1 is 1.11 bits per heavy atom. The second-order valence-electron chi connectivity index (χ2n) is 7.18. The van der Waals surface area contributed by atoms with Crippen molar-refractivity contribution < 1.29 is 4.74 Å². The van der Waals surface area contributed by atoms with Gasteiger partial charge in [-0.3, -0.25) is 4.98 Å². The van der Waals surface area contributed by atoms with E-state index in [1.54, 1.807) is 7.11 Å². The molecule has 5 nitrogen and oxygen atoms in total. The molecule has 1 saturated heterocycles. The van der Waals surface area contributed by atoms with Crippen LogP contribution in [0.15, 0.2) is 67.1 Å². The maximum absolute atomic E-state index is 5.75. The van der Waals surface area contributed by atoms with Crippen molar-refractivity contribution in [3.63, 3.8) is 0 Å². The molecule has 1 aliphatic rings. The molecular weight excluding hydrogens is 368 g/mol. The number of methoxy groups -OCH3 is 1. The molecule has 1 aliphatic heterocycles. The summed E-state index contributed by atoms with van der Waals surface area (Å²) in [6, 6.07) is 16.6. The fourth-order valence-electron chi connectivity index (χ4n) is 3.64. The zero-order valence-corrected chi connectivity index (χ0v) is 17.1. The molecule has 1 fully saturated rings. The Balaban J connectivity index is 1.79. The van der Waals surface area contributed by atoms with Gasteiger partial charge in [-0.1, -0.05) is 6.07 Å². The highest BCUT2D eigenvalue weighted by atomic mass is 32.1. The highest BCUT2D eigenvalue weighted by Gasteiger charge is 2.41. The summed E-state index contributed by atoms with van der Waals surface area (Å²) in [5.74, 6) is 0.825. The first-order valence-electron chi connectivity index (χ1n) is 9.40. The topological polar surface area (TPSA) is 42.3 Å². The van der Waals surface area contributed by atoms with Crippen LogP contribution in [0.4, 0.5) is 5.69 Å². The summed E-state index contributed by atoms with van der Waals surface area (Å²) in [6.45, 7) is 4.36. The normalized spacial score (nSPS) is 19.1. The van der Waals surface area contributed by atoms with Gasteiger partial charge in [-0.2, -0.15) is 0 Å². The molecule has 1 N–H and O–H groups in total. The lowest BCUT2D eigenvalue weighted by Crippen LogP contribution is -2.29. The van der Waals surface area contributed by atoms with Crippen LogP contribution >= 0.6 is 12.2 Å². The monoisotopic (exact) mass is 392 g/mol. The van der Waals surface area contributed by atoms with Gasteiger partial charge in [0.1, 0.15) is 5.75 Å². The number of hydrogen-bond acceptors (Lipinski definition) is 3. The number of ether oxygens (including phenoxy) is 1. The fraction of sp³-hybridized carbons (Fsp3) is 0.273. The average Bonchev–Trinajstić information content (AvgIpc) is 3.33. The third-order valence-electron chi connectivity index (χ3n) is 5.12. The lowest BCUT2D eigenvalue weighted by molar-refractivity contribution is 0.415. The molecule has 2 atom stereocenters. The summed E-state index contributed by atoms with van der Waals surface area (Å²) >= 11 is 5.75. The van der Waals surface area contributed by atoms with Gasteiger partial charge in [-0.05, 0) is 74.1 Å². The third kappa shape index (κ3) is 3.36. The molecular formula is C22H24N4OS. The molecule has 0 radical (unpaired) electrons. The fourth-order valence-corrected chi connectivity index (χ4v) is 3.99. The first-order chi connectivity index (χ1) is 13.6. The van der Waals surface area contributed by atoms with Gasteiger partial charge in [-0.25, -0.2) is 0 Å². The van der Waals surface area contributed by atoms with Gasteiger partial charge in [0.05, 0.1) is 24.9 Å². The van der Waals surface area contributed by atoms with Gasteiger partial charge >= 0.3 is 0 Å². The minimum Gasteiger partial charge on any atom is -0.497 e. The number of rotatable bonds is 5. The number of benzene rings is 1. The molecule has 0 spiro atoms. The lowest BCUT2D eigenvalue weighted by Gasteiger charge is -2.27. The van der Waals surface area contributed by atoms with Crippen LogP contribution in [0, 0.1) is 0 Å². The van der Waals surface area contributed by atoms with E-state index in [0.717, 1.165) is 17.1 Å². The van der Waals surface area contributed by atoms with Crippen LogP contribution < -0.4 is 15.0 Å². The quantitative estimate of drug-likeness (QED) is 0.640. The Kier molecular flexibility index (Phi) is 5.05. The standard InChI is InChI=1S/C22H24N4OS/c1-15(2)25-13-11-16(14-25)21-20(19-6-4-5-12-23-19)24-22(28)26(21)17-7-9-18(27-3)10-8-17/h4-15,20-21H,1-3H3,(H,24,28). The van der Waals surface area contributed by atoms with Crippen molar-refractivity contribution in [2.24, 2.45) is 0 Å². The van der Waals surface area contributed by atoms with E-state index in [9.17, 15) is 0 Å². The predicted molar refractivity (Wildman–Crippen MR) is 116 cm³/mol. The predicted octanol–water partition coefficient (Wildman–Crippen LogP) is 4.65. The Hall–Kier alpha value is -2.86. The minimum absolute atomic E-state index is 0.01000. The Morgan fingerprint density at radius 3 is 2.50 bits per heavy atom. The van der Waals surface area contributed by atoms with Crippen LogP contribution in [0.2, 0.25) is 0 Å². The van der Waals surface area contributed by atoms with Crippen molar-refractivity contribution in [2.45, 2.75) is 32.0 Å². The van der Waals surface area contributed by atoms with Crippen molar-refractivity contribution in [1.82, 2.24) is 14.9 Å². The molecule has 6 heteroatoms. The first-order valence-corrected chi connectivity index (χ1v) is 9.81. The molecule has 2 unspecified atom stereocenters. The molecule has 3 aromatic rings. The zero-order valence-electron chi connectivity index (χ0n) is 16.2. The molecule has 2 aromatic heterocycles. The number of nitrogens with zero attached hydrogens (tertiary/aromatic N) is 3. The van der Waals surface area contributed by atoms with E-state index in [4.69, 9.17) is 17.0 Å². The summed E-state index contributed by atoms with van der Waals surface area (Å²) in [5, 5.41) is 4.19. The van der Waals surface area contributed by atoms with Crippen LogP contribution in [0.25, 0.3) is 0 Å². The molecule has 0 amide bonds. The number of anilines is 1. The summed E-state index contributed by atoms with van der Waals surface area (Å²) in [7, 11) is 1.67. The molecule has 1 aromatic carbocycles. The smallest absolute Gasteiger partial charge is 0.174 e. The second-order valence-corrected chi connectivity index (χ2v) is 7.57. The summed E-state index contributed by atoms with van der Waals surface area (Å²) < 4.78 is 7.53. The van der Waals surface area contributed by atoms with Crippen LogP contribution in [0.3, 0.4) is 0 Å². The van der Waals surface area contributed by atoms with E-state index in [1.807, 2.05) is 48.7 Å². The van der Waals surface area contributed by atoms with E-state index in [-0.39, 0.29) is 12.1 Å². The molecule has 144 valence electrons. The van der Waals surface area contributed by atoms with Crippen LogP contribution in [0.5, 0.6) is 5.75 Å². The minimum atomic E-state index is -0.0289. The molecule has 0 aliphatic carbocycles. The number of hydrogen-bond donors (Lipinski definition) is 1. The van der Waals surface area contributed by atoms with Crippen LogP contribution in [-0.4, -0.2) is 21.8 Å². The van der Waals surface area contributed by atoms with Crippen LogP contribution in [-0.2, 0) is 0 Å². The molecule has 28 heavy (non-hydrogen) atoms. The number of aromatic nitrogens is 2. The Bertz CT molecular complexity index is 952. The highest BCUT2D eigenvalue weighted by Crippen LogP contribution is 2.42. The Morgan fingerprint density at radius 2 is 1.89 bits per heavy atom. The van der Waals surface area contributed by atoms with E-state index in [2.05, 4.69) is 52.1 Å². The highest BCUT2D eigenvalue weighted by molar-refractivity contribution is 7.80. The maximum Gasteiger partial charge on any atom is 0.174 e. The third-order valence-corrected chi connectivity index (χ3v) is 5.44. The van der Waals surface area contributed by atoms with E-state index in [1.165, 1.54) is 5.56 Å². The van der Waals surface area contributed by atoms with Gasteiger partial charge in [0.25, 0.3) is 0 Å². The second kappa shape index (κ2) is 7.64. The maximum atomic E-state index is 5.75. The van der Waals surface area contributed by atoms with Crippen molar-refractivity contribution >= 4 is 23.0 Å². The van der Waals surface area contributed by atoms with Gasteiger partial charge in [0.15, 0.2) is 5.11 Å². The number of thiocarbonyl (C=S) groups is 1. The largest absolute Gasteiger partial charge is 0.497 e. The van der Waals surface area contributed by atoms with Crippen molar-refractivity contribution in [3.8, 4) is 5.75 Å². The molecule has 0 saturated carbocycles. The van der Waals surface area contributed by atoms with E-state index < -0.39 is 0 Å². The SMILES string of the molecule is COc1ccc(N2C(=S)NC(c3ccccn3)C2c2ccn(C(C)C)c2)cc1. The van der Waals surface area contributed by atoms with E-state index >= 15 is 0 Å². The van der Waals surface area contributed by atoms with Crippen molar-refractivity contribution in [3.05, 3.63) is 78.4 Å². The molecule has 4 rings (SSSR count). The average molecular weight is 393 g/mol. The summed E-state index contributed by atoms with van der Waals surface area (Å²) in [6.07, 6.45) is 6.16. The lowest BCUT2D eigenvalue weighted by atomic mass is 9.98. The van der Waals surface area contributed by atoms with Crippen LogP contribution in [0.1, 0.15) is 43.2 Å². The van der Waals surface area contributed by atoms with Crippen molar-refractivity contribution in [1.29, 1.82) is 0 Å².